The molecular weight excluding hydrogens is 516 g/mol. The standard InChI is InChI=1S/C29H42N4O7/c1-5-6-13-22(25(35)26(36)30-20(2)21-11-8-7-9-12-21)31-27(37)40-23-18-33(19-29(23,3)4)28(38)39-17-16-32-15-10-14-24(32)34/h7-9,11-12,20,22-23H,5-6,10,13-19H2,1-4H3,(H,30,36)(H,31,37)/t20-,22+,23+/m1/s1. The first-order valence-electron chi connectivity index (χ1n) is 14.1. The number of benzene rings is 1. The predicted molar refractivity (Wildman–Crippen MR) is 147 cm³/mol. The largest absolute Gasteiger partial charge is 0.448 e. The summed E-state index contributed by atoms with van der Waals surface area (Å²) in [6, 6.07) is 7.87. The van der Waals surface area contributed by atoms with Crippen LogP contribution in [0.3, 0.4) is 0 Å². The molecule has 2 saturated heterocycles. The number of likely N-dealkylation sites (tertiary alicyclic amines) is 2. The van der Waals surface area contributed by atoms with Crippen molar-refractivity contribution in [2.24, 2.45) is 5.41 Å². The number of carbonyl (C=O) groups excluding carboxylic acids is 5. The van der Waals surface area contributed by atoms with Gasteiger partial charge in [-0.05, 0) is 25.3 Å². The number of ketones is 1. The van der Waals surface area contributed by atoms with Gasteiger partial charge in [0.15, 0.2) is 0 Å². The van der Waals surface area contributed by atoms with Gasteiger partial charge < -0.3 is 29.9 Å². The molecule has 3 rings (SSSR count). The van der Waals surface area contributed by atoms with Crippen molar-refractivity contribution in [2.45, 2.75) is 78.0 Å². The van der Waals surface area contributed by atoms with Crippen LogP contribution < -0.4 is 10.6 Å². The Labute approximate surface area is 235 Å². The fourth-order valence-corrected chi connectivity index (χ4v) is 4.95. The van der Waals surface area contributed by atoms with E-state index in [4.69, 9.17) is 9.47 Å². The molecule has 0 aliphatic carbocycles. The number of unbranched alkanes of at least 4 members (excludes halogenated alkanes) is 1. The van der Waals surface area contributed by atoms with E-state index in [1.54, 1.807) is 11.8 Å². The van der Waals surface area contributed by atoms with E-state index >= 15 is 0 Å². The molecule has 0 saturated carbocycles. The first-order valence-corrected chi connectivity index (χ1v) is 14.1. The zero-order valence-corrected chi connectivity index (χ0v) is 23.9. The van der Waals surface area contributed by atoms with Crippen molar-refractivity contribution in [3.8, 4) is 0 Å². The minimum Gasteiger partial charge on any atom is -0.448 e. The van der Waals surface area contributed by atoms with Gasteiger partial charge in [-0.2, -0.15) is 0 Å². The van der Waals surface area contributed by atoms with Crippen LogP contribution in [0.5, 0.6) is 0 Å². The van der Waals surface area contributed by atoms with Gasteiger partial charge in [0.1, 0.15) is 18.8 Å². The third-order valence-electron chi connectivity index (χ3n) is 7.45. The Kier molecular flexibility index (Phi) is 10.9. The molecule has 2 aliphatic rings. The van der Waals surface area contributed by atoms with Crippen LogP contribution in [0.15, 0.2) is 30.3 Å². The summed E-state index contributed by atoms with van der Waals surface area (Å²) in [5.41, 5.74) is 0.296. The second kappa shape index (κ2) is 14.1. The molecule has 0 spiro atoms. The van der Waals surface area contributed by atoms with Gasteiger partial charge in [-0.15, -0.1) is 0 Å². The van der Waals surface area contributed by atoms with E-state index in [1.165, 1.54) is 4.90 Å². The van der Waals surface area contributed by atoms with Gasteiger partial charge in [-0.1, -0.05) is 63.9 Å². The van der Waals surface area contributed by atoms with Gasteiger partial charge in [0, 0.05) is 24.9 Å². The molecule has 40 heavy (non-hydrogen) atoms. The Morgan fingerprint density at radius 3 is 2.50 bits per heavy atom. The van der Waals surface area contributed by atoms with Gasteiger partial charge in [0.2, 0.25) is 11.7 Å². The number of hydrogen-bond donors (Lipinski definition) is 2. The molecule has 1 aromatic carbocycles. The van der Waals surface area contributed by atoms with Gasteiger partial charge in [-0.25, -0.2) is 9.59 Å². The Bertz CT molecular complexity index is 1060. The molecule has 2 fully saturated rings. The van der Waals surface area contributed by atoms with Crippen LogP contribution in [-0.2, 0) is 23.9 Å². The highest BCUT2D eigenvalue weighted by Crippen LogP contribution is 2.32. The molecule has 2 aliphatic heterocycles. The van der Waals surface area contributed by atoms with E-state index in [0.717, 1.165) is 18.4 Å². The maximum Gasteiger partial charge on any atom is 0.409 e. The van der Waals surface area contributed by atoms with Gasteiger partial charge in [0.05, 0.1) is 19.1 Å². The first kappa shape index (κ1) is 30.9. The molecule has 3 atom stereocenters. The smallest absolute Gasteiger partial charge is 0.409 e. The fraction of sp³-hybridized carbons (Fsp3) is 0.621. The predicted octanol–water partition coefficient (Wildman–Crippen LogP) is 3.19. The second-order valence-electron chi connectivity index (χ2n) is 11.2. The van der Waals surface area contributed by atoms with E-state index in [-0.39, 0.29) is 25.1 Å². The molecule has 220 valence electrons. The Hall–Kier alpha value is -3.63. The van der Waals surface area contributed by atoms with E-state index in [0.29, 0.717) is 38.9 Å². The summed E-state index contributed by atoms with van der Waals surface area (Å²) in [6.45, 7) is 9.05. The maximum atomic E-state index is 13.0. The van der Waals surface area contributed by atoms with Crippen molar-refractivity contribution in [3.05, 3.63) is 35.9 Å². The number of hydrogen-bond acceptors (Lipinski definition) is 7. The van der Waals surface area contributed by atoms with Crippen LogP contribution in [-0.4, -0.2) is 84.5 Å². The van der Waals surface area contributed by atoms with E-state index in [2.05, 4.69) is 10.6 Å². The lowest BCUT2D eigenvalue weighted by Gasteiger charge is -2.26. The molecule has 1 aromatic rings. The average molecular weight is 559 g/mol. The third-order valence-corrected chi connectivity index (χ3v) is 7.45. The minimum atomic E-state index is -1.03. The summed E-state index contributed by atoms with van der Waals surface area (Å²) in [5.74, 6) is -1.44. The summed E-state index contributed by atoms with van der Waals surface area (Å²) < 4.78 is 11.0. The number of nitrogens with one attached hydrogen (secondary N) is 2. The molecule has 11 heteroatoms. The van der Waals surface area contributed by atoms with E-state index in [9.17, 15) is 24.0 Å². The lowest BCUT2D eigenvalue weighted by molar-refractivity contribution is -0.139. The minimum absolute atomic E-state index is 0.0664. The Morgan fingerprint density at radius 2 is 1.85 bits per heavy atom. The fourth-order valence-electron chi connectivity index (χ4n) is 4.95. The van der Waals surface area contributed by atoms with Crippen LogP contribution in [0.2, 0.25) is 0 Å². The number of amides is 4. The summed E-state index contributed by atoms with van der Waals surface area (Å²) >= 11 is 0. The number of ether oxygens (including phenoxy) is 2. The molecule has 0 bridgehead atoms. The SMILES string of the molecule is CCCC[C@H](NC(=O)O[C@H]1CN(C(=O)OCCN2CCCC2=O)CC1(C)C)C(=O)C(=O)N[C@H](C)c1ccccc1. The van der Waals surface area contributed by atoms with Crippen molar-refractivity contribution in [2.75, 3.05) is 32.8 Å². The zero-order chi connectivity index (χ0) is 29.3. The molecule has 2 N–H and O–H groups in total. The van der Waals surface area contributed by atoms with Crippen LogP contribution in [0, 0.1) is 5.41 Å². The number of carbonyl (C=O) groups is 5. The summed E-state index contributed by atoms with van der Waals surface area (Å²) in [4.78, 5) is 66.1. The van der Waals surface area contributed by atoms with Crippen molar-refractivity contribution in [1.29, 1.82) is 0 Å². The quantitative estimate of drug-likeness (QED) is 0.376. The van der Waals surface area contributed by atoms with E-state index < -0.39 is 41.4 Å². The topological polar surface area (TPSA) is 134 Å². The third kappa shape index (κ3) is 8.43. The summed E-state index contributed by atoms with van der Waals surface area (Å²) in [5, 5.41) is 5.29. The van der Waals surface area contributed by atoms with Crippen LogP contribution in [0.25, 0.3) is 0 Å². The first-order chi connectivity index (χ1) is 19.0. The van der Waals surface area contributed by atoms with Gasteiger partial charge >= 0.3 is 12.2 Å². The number of rotatable bonds is 12. The van der Waals surface area contributed by atoms with Crippen LogP contribution in [0.4, 0.5) is 9.59 Å². The van der Waals surface area contributed by atoms with Crippen molar-refractivity contribution < 1.29 is 33.4 Å². The van der Waals surface area contributed by atoms with Crippen molar-refractivity contribution in [3.63, 3.8) is 0 Å². The molecule has 0 radical (unpaired) electrons. The summed E-state index contributed by atoms with van der Waals surface area (Å²) in [7, 11) is 0. The second-order valence-corrected chi connectivity index (χ2v) is 11.2. The molecule has 0 unspecified atom stereocenters. The zero-order valence-electron chi connectivity index (χ0n) is 23.9. The molecule has 2 heterocycles. The lowest BCUT2D eigenvalue weighted by Crippen LogP contribution is -2.49. The highest BCUT2D eigenvalue weighted by Gasteiger charge is 2.45. The summed E-state index contributed by atoms with van der Waals surface area (Å²) in [6.07, 6.45) is 1.05. The van der Waals surface area contributed by atoms with Crippen molar-refractivity contribution in [1.82, 2.24) is 20.4 Å². The Balaban J connectivity index is 1.52. The maximum absolute atomic E-state index is 13.0. The molecule has 0 aromatic heterocycles. The number of Topliss-reactive ketones (excluding diaryl/α,β-unsaturated/α-hetero) is 1. The van der Waals surface area contributed by atoms with Crippen LogP contribution >= 0.6 is 0 Å². The normalized spacial score (nSPS) is 19.6. The van der Waals surface area contributed by atoms with Crippen molar-refractivity contribution >= 4 is 29.8 Å². The van der Waals surface area contributed by atoms with E-state index in [1.807, 2.05) is 51.1 Å². The molecule has 11 nitrogen and oxygen atoms in total. The highest BCUT2D eigenvalue weighted by atomic mass is 16.6. The van der Waals surface area contributed by atoms with Crippen LogP contribution in [0.1, 0.15) is 71.4 Å². The molecular formula is C29H42N4O7. The highest BCUT2D eigenvalue weighted by molar-refractivity contribution is 6.38. The monoisotopic (exact) mass is 558 g/mol. The number of nitrogens with zero attached hydrogens (tertiary/aromatic N) is 2. The number of alkyl carbamates (subject to hydrolysis) is 1. The Morgan fingerprint density at radius 1 is 1.12 bits per heavy atom. The van der Waals surface area contributed by atoms with Gasteiger partial charge in [0.25, 0.3) is 5.91 Å². The molecule has 4 amide bonds. The average Bonchev–Trinajstić information content (AvgIpc) is 3.47. The lowest BCUT2D eigenvalue weighted by atomic mass is 9.90. The van der Waals surface area contributed by atoms with Gasteiger partial charge in [-0.3, -0.25) is 14.4 Å².